The minimum atomic E-state index is -1.27. The average Bonchev–Trinajstić information content (AvgIpc) is 2.54. The van der Waals surface area contributed by atoms with Gasteiger partial charge in [0.1, 0.15) is 0 Å². The Labute approximate surface area is 142 Å². The summed E-state index contributed by atoms with van der Waals surface area (Å²) in [4.78, 5) is 12.0. The molecule has 1 fully saturated rings. The van der Waals surface area contributed by atoms with Crippen LogP contribution in [0.15, 0.2) is 30.8 Å². The minimum Gasteiger partial charge on any atom is -0.467 e. The second-order valence-corrected chi connectivity index (χ2v) is 6.33. The number of ether oxygens (including phenoxy) is 2. The van der Waals surface area contributed by atoms with Gasteiger partial charge in [-0.1, -0.05) is 42.8 Å². The number of carbonyl (C=O) groups is 1. The number of methoxy groups -OCH3 is 1. The lowest BCUT2D eigenvalue weighted by molar-refractivity contribution is -0.246. The zero-order chi connectivity index (χ0) is 16.9. The number of hydrogen-bond donors (Lipinski definition) is 1. The van der Waals surface area contributed by atoms with Crippen molar-refractivity contribution in [2.24, 2.45) is 0 Å². The number of hydrogen-bond acceptors (Lipinski definition) is 4. The van der Waals surface area contributed by atoms with Crippen molar-refractivity contribution in [2.75, 3.05) is 7.11 Å². The van der Waals surface area contributed by atoms with Crippen LogP contribution in [0.5, 0.6) is 0 Å². The molecular weight excluding hydrogens is 316 g/mol. The highest BCUT2D eigenvalue weighted by Crippen LogP contribution is 2.33. The molecule has 1 aliphatic carbocycles. The van der Waals surface area contributed by atoms with Crippen molar-refractivity contribution in [1.29, 1.82) is 0 Å². The van der Waals surface area contributed by atoms with Gasteiger partial charge in [0.2, 0.25) is 0 Å². The fraction of sp³-hybridized carbons (Fsp3) is 0.500. The molecule has 0 radical (unpaired) electrons. The number of esters is 1. The zero-order valence-corrected chi connectivity index (χ0v) is 14.1. The van der Waals surface area contributed by atoms with E-state index < -0.39 is 17.9 Å². The molecule has 2 rings (SSSR count). The van der Waals surface area contributed by atoms with E-state index in [-0.39, 0.29) is 6.42 Å². The third-order valence-electron chi connectivity index (χ3n) is 4.15. The largest absolute Gasteiger partial charge is 0.467 e. The summed E-state index contributed by atoms with van der Waals surface area (Å²) in [5.41, 5.74) is 1.44. The number of rotatable bonds is 6. The van der Waals surface area contributed by atoms with Crippen LogP contribution in [-0.2, 0) is 14.3 Å². The molecule has 1 aliphatic rings. The molecule has 5 heteroatoms. The molecule has 0 amide bonds. The van der Waals surface area contributed by atoms with Gasteiger partial charge in [0.25, 0.3) is 0 Å². The van der Waals surface area contributed by atoms with Crippen molar-refractivity contribution in [2.45, 2.75) is 50.4 Å². The fourth-order valence-corrected chi connectivity index (χ4v) is 3.14. The van der Waals surface area contributed by atoms with Crippen LogP contribution in [0.1, 0.15) is 44.1 Å². The van der Waals surface area contributed by atoms with Gasteiger partial charge in [-0.2, -0.15) is 0 Å². The van der Waals surface area contributed by atoms with E-state index in [1.807, 2.05) is 18.2 Å². The summed E-state index contributed by atoms with van der Waals surface area (Å²) in [6.07, 6.45) is 3.22. The summed E-state index contributed by atoms with van der Waals surface area (Å²) in [5.74, 6) is -1.78. The summed E-state index contributed by atoms with van der Waals surface area (Å²) in [6.45, 7) is 4.00. The summed E-state index contributed by atoms with van der Waals surface area (Å²) >= 11 is 6.17. The maximum absolute atomic E-state index is 12.0. The van der Waals surface area contributed by atoms with E-state index >= 15 is 0 Å². The highest BCUT2D eigenvalue weighted by Gasteiger charge is 2.36. The van der Waals surface area contributed by atoms with Crippen LogP contribution in [-0.4, -0.2) is 30.1 Å². The number of benzene rings is 1. The van der Waals surface area contributed by atoms with E-state index in [9.17, 15) is 9.90 Å². The Morgan fingerprint density at radius 2 is 2.00 bits per heavy atom. The molecule has 126 valence electrons. The van der Waals surface area contributed by atoms with Gasteiger partial charge in [-0.3, -0.25) is 0 Å². The van der Waals surface area contributed by atoms with Crippen molar-refractivity contribution >= 4 is 23.1 Å². The number of halogens is 1. The minimum absolute atomic E-state index is 0.221. The highest BCUT2D eigenvalue weighted by molar-refractivity contribution is 6.32. The first-order valence-electron chi connectivity index (χ1n) is 7.86. The first-order chi connectivity index (χ1) is 10.9. The lowest BCUT2D eigenvalue weighted by atomic mass is 9.93. The molecule has 1 aromatic carbocycles. The summed E-state index contributed by atoms with van der Waals surface area (Å²) in [5, 5.41) is 11.1. The van der Waals surface area contributed by atoms with Crippen molar-refractivity contribution in [3.05, 3.63) is 41.4 Å². The van der Waals surface area contributed by atoms with Crippen LogP contribution >= 0.6 is 11.6 Å². The lowest BCUT2D eigenvalue weighted by Gasteiger charge is -2.34. The molecule has 23 heavy (non-hydrogen) atoms. The van der Waals surface area contributed by atoms with E-state index in [4.69, 9.17) is 21.1 Å². The van der Waals surface area contributed by atoms with Crippen molar-refractivity contribution in [3.63, 3.8) is 0 Å². The van der Waals surface area contributed by atoms with Gasteiger partial charge in [0.05, 0.1) is 7.11 Å². The summed E-state index contributed by atoms with van der Waals surface area (Å²) in [7, 11) is 1.31. The molecule has 0 unspecified atom stereocenters. The smallest absolute Gasteiger partial charge is 0.335 e. The fourth-order valence-electron chi connectivity index (χ4n) is 2.87. The van der Waals surface area contributed by atoms with Gasteiger partial charge in [0.15, 0.2) is 11.9 Å². The van der Waals surface area contributed by atoms with Crippen LogP contribution in [0.4, 0.5) is 0 Å². The molecule has 0 saturated heterocycles. The topological polar surface area (TPSA) is 55.8 Å². The van der Waals surface area contributed by atoms with Gasteiger partial charge < -0.3 is 14.6 Å². The lowest BCUT2D eigenvalue weighted by Crippen LogP contribution is -2.41. The first-order valence-corrected chi connectivity index (χ1v) is 8.24. The van der Waals surface area contributed by atoms with Gasteiger partial charge >= 0.3 is 5.97 Å². The quantitative estimate of drug-likeness (QED) is 0.630. The van der Waals surface area contributed by atoms with Crippen molar-refractivity contribution < 1.29 is 19.4 Å². The molecule has 0 bridgehead atoms. The van der Waals surface area contributed by atoms with Gasteiger partial charge in [-0.25, -0.2) is 4.79 Å². The Morgan fingerprint density at radius 1 is 1.35 bits per heavy atom. The maximum Gasteiger partial charge on any atom is 0.335 e. The normalized spacial score (nSPS) is 18.2. The van der Waals surface area contributed by atoms with Crippen LogP contribution in [0, 0.1) is 0 Å². The second-order valence-electron chi connectivity index (χ2n) is 5.92. The standard InChI is InChI=1S/C18H23ClO4/c1-13(14-8-4-5-9-15(14)19)12-16(17(20)22-2)23-18(21)10-6-3-7-11-18/h4-5,8-9,16,21H,1,3,6-7,10-12H2,2H3/t16-/m0/s1. The SMILES string of the molecule is C=C(C[C@H](OC1(O)CCCCC1)C(=O)OC)c1ccccc1Cl. The average molecular weight is 339 g/mol. The molecule has 0 aromatic heterocycles. The third-order valence-corrected chi connectivity index (χ3v) is 4.48. The monoisotopic (exact) mass is 338 g/mol. The van der Waals surface area contributed by atoms with E-state index in [1.165, 1.54) is 7.11 Å². The Balaban J connectivity index is 2.11. The first kappa shape index (κ1) is 18.0. The predicted octanol–water partition coefficient (Wildman–Crippen LogP) is 3.95. The highest BCUT2D eigenvalue weighted by atomic mass is 35.5. The van der Waals surface area contributed by atoms with Crippen LogP contribution in [0.25, 0.3) is 5.57 Å². The summed E-state index contributed by atoms with van der Waals surface area (Å²) in [6, 6.07) is 7.30. The molecule has 1 aromatic rings. The second kappa shape index (κ2) is 7.95. The van der Waals surface area contributed by atoms with E-state index in [1.54, 1.807) is 6.07 Å². The Bertz CT molecular complexity index is 564. The van der Waals surface area contributed by atoms with Crippen LogP contribution in [0.3, 0.4) is 0 Å². The molecule has 0 aliphatic heterocycles. The zero-order valence-electron chi connectivity index (χ0n) is 13.4. The number of carbonyl (C=O) groups excluding carboxylic acids is 1. The molecule has 1 atom stereocenters. The Morgan fingerprint density at radius 3 is 2.61 bits per heavy atom. The molecule has 1 saturated carbocycles. The van der Waals surface area contributed by atoms with Gasteiger partial charge in [-0.05, 0) is 30.0 Å². The van der Waals surface area contributed by atoms with Gasteiger partial charge in [-0.15, -0.1) is 0 Å². The Hall–Kier alpha value is -1.36. The van der Waals surface area contributed by atoms with Gasteiger partial charge in [0, 0.05) is 24.3 Å². The van der Waals surface area contributed by atoms with E-state index in [2.05, 4.69) is 6.58 Å². The van der Waals surface area contributed by atoms with Crippen molar-refractivity contribution in [3.8, 4) is 0 Å². The van der Waals surface area contributed by atoms with E-state index in [0.29, 0.717) is 23.4 Å². The maximum atomic E-state index is 12.0. The molecule has 4 nitrogen and oxygen atoms in total. The van der Waals surface area contributed by atoms with Crippen LogP contribution < -0.4 is 0 Å². The molecule has 0 heterocycles. The van der Waals surface area contributed by atoms with E-state index in [0.717, 1.165) is 24.8 Å². The number of aliphatic hydroxyl groups is 1. The molecule has 1 N–H and O–H groups in total. The predicted molar refractivity (Wildman–Crippen MR) is 90.0 cm³/mol. The van der Waals surface area contributed by atoms with Crippen molar-refractivity contribution in [1.82, 2.24) is 0 Å². The van der Waals surface area contributed by atoms with Crippen LogP contribution in [0.2, 0.25) is 5.02 Å². The third kappa shape index (κ3) is 4.80. The summed E-state index contributed by atoms with van der Waals surface area (Å²) < 4.78 is 10.6. The molecular formula is C18H23ClO4. The Kier molecular flexibility index (Phi) is 6.22. The molecule has 0 spiro atoms.